The number of fused-ring (bicyclic) bond motifs is 3. The number of hydrogen-bond donors (Lipinski definition) is 2. The molecule has 0 heterocycles. The number of nitrogens with zero attached hydrogens (tertiary/aromatic N) is 1. The van der Waals surface area contributed by atoms with Gasteiger partial charge in [0.15, 0.2) is 6.10 Å². The molecule has 5 heteroatoms. The number of amides is 1. The second-order valence-corrected chi connectivity index (χ2v) is 7.02. The van der Waals surface area contributed by atoms with Gasteiger partial charge in [0.05, 0.1) is 0 Å². The maximum atomic E-state index is 12.7. The number of phenolic OH excluding ortho intramolecular Hbond substituents is 1. The molecule has 0 fully saturated rings. The Morgan fingerprint density at radius 3 is 2.11 bits per heavy atom. The SMILES string of the molecule is CN(C[C@@H](N)c1ccc(O)cc1)C(=O)OC1c2ccccc2-c2ccccc21. The van der Waals surface area contributed by atoms with E-state index in [9.17, 15) is 9.90 Å². The number of nitrogens with two attached hydrogens (primary N) is 1. The molecule has 0 aliphatic heterocycles. The van der Waals surface area contributed by atoms with E-state index in [1.165, 1.54) is 4.90 Å². The highest BCUT2D eigenvalue weighted by molar-refractivity contribution is 5.79. The van der Waals surface area contributed by atoms with Crippen LogP contribution in [-0.2, 0) is 4.74 Å². The molecule has 142 valence electrons. The number of carbonyl (C=O) groups excluding carboxylic acids is 1. The second kappa shape index (κ2) is 7.37. The lowest BCUT2D eigenvalue weighted by Crippen LogP contribution is -2.35. The highest BCUT2D eigenvalue weighted by Crippen LogP contribution is 2.45. The lowest BCUT2D eigenvalue weighted by Gasteiger charge is -2.24. The smallest absolute Gasteiger partial charge is 0.410 e. The molecule has 1 atom stereocenters. The molecule has 28 heavy (non-hydrogen) atoms. The van der Waals surface area contributed by atoms with Crippen LogP contribution >= 0.6 is 0 Å². The average molecular weight is 374 g/mol. The molecule has 0 bridgehead atoms. The Hall–Kier alpha value is -3.31. The summed E-state index contributed by atoms with van der Waals surface area (Å²) in [5.41, 5.74) is 11.2. The van der Waals surface area contributed by atoms with Crippen LogP contribution in [0.25, 0.3) is 11.1 Å². The van der Waals surface area contributed by atoms with Crippen molar-refractivity contribution in [3.8, 4) is 16.9 Å². The van der Waals surface area contributed by atoms with E-state index in [1.54, 1.807) is 31.3 Å². The largest absolute Gasteiger partial charge is 0.508 e. The van der Waals surface area contributed by atoms with Crippen molar-refractivity contribution >= 4 is 6.09 Å². The molecule has 1 aliphatic carbocycles. The van der Waals surface area contributed by atoms with E-state index in [0.29, 0.717) is 6.54 Å². The summed E-state index contributed by atoms with van der Waals surface area (Å²) < 4.78 is 5.87. The Balaban J connectivity index is 1.49. The van der Waals surface area contributed by atoms with Crippen LogP contribution in [0.3, 0.4) is 0 Å². The van der Waals surface area contributed by atoms with Gasteiger partial charge in [0.25, 0.3) is 0 Å². The molecule has 0 unspecified atom stereocenters. The van der Waals surface area contributed by atoms with Crippen LogP contribution in [0, 0.1) is 0 Å². The van der Waals surface area contributed by atoms with E-state index in [-0.39, 0.29) is 11.8 Å². The quantitative estimate of drug-likeness (QED) is 0.716. The van der Waals surface area contributed by atoms with Gasteiger partial charge in [-0.25, -0.2) is 4.79 Å². The van der Waals surface area contributed by atoms with Crippen molar-refractivity contribution in [2.75, 3.05) is 13.6 Å². The first-order chi connectivity index (χ1) is 13.5. The Bertz CT molecular complexity index is 955. The van der Waals surface area contributed by atoms with Gasteiger partial charge in [-0.05, 0) is 28.8 Å². The van der Waals surface area contributed by atoms with E-state index in [4.69, 9.17) is 10.5 Å². The predicted molar refractivity (Wildman–Crippen MR) is 108 cm³/mol. The molecule has 5 nitrogen and oxygen atoms in total. The van der Waals surface area contributed by atoms with Crippen molar-refractivity contribution in [2.45, 2.75) is 12.1 Å². The maximum Gasteiger partial charge on any atom is 0.410 e. The molecule has 3 aromatic rings. The van der Waals surface area contributed by atoms with Gasteiger partial charge in [-0.3, -0.25) is 0 Å². The van der Waals surface area contributed by atoms with Crippen molar-refractivity contribution in [2.24, 2.45) is 5.73 Å². The summed E-state index contributed by atoms with van der Waals surface area (Å²) in [7, 11) is 1.68. The number of phenols is 1. The standard InChI is InChI=1S/C23H22N2O3/c1-25(14-21(24)15-10-12-16(26)13-11-15)23(27)28-22-19-8-4-2-6-17(19)18-7-3-5-9-20(18)22/h2-13,21-22,26H,14,24H2,1H3/t21-/m1/s1. The average Bonchev–Trinajstić information content (AvgIpc) is 3.02. The van der Waals surface area contributed by atoms with Crippen molar-refractivity contribution in [3.63, 3.8) is 0 Å². The van der Waals surface area contributed by atoms with Crippen molar-refractivity contribution in [3.05, 3.63) is 89.5 Å². The van der Waals surface area contributed by atoms with Gasteiger partial charge >= 0.3 is 6.09 Å². The van der Waals surface area contributed by atoms with E-state index < -0.39 is 12.2 Å². The molecule has 4 rings (SSSR count). The summed E-state index contributed by atoms with van der Waals surface area (Å²) in [6, 6.07) is 22.3. The second-order valence-electron chi connectivity index (χ2n) is 7.02. The molecule has 1 amide bonds. The minimum absolute atomic E-state index is 0.183. The van der Waals surface area contributed by atoms with Gasteiger partial charge in [0, 0.05) is 30.8 Å². The minimum Gasteiger partial charge on any atom is -0.508 e. The fourth-order valence-electron chi connectivity index (χ4n) is 3.62. The van der Waals surface area contributed by atoms with Crippen molar-refractivity contribution < 1.29 is 14.6 Å². The Labute approximate surface area is 164 Å². The monoisotopic (exact) mass is 374 g/mol. The highest BCUT2D eigenvalue weighted by Gasteiger charge is 2.32. The first-order valence-electron chi connectivity index (χ1n) is 9.19. The minimum atomic E-state index is -0.425. The molecule has 0 spiro atoms. The van der Waals surface area contributed by atoms with E-state index in [0.717, 1.165) is 27.8 Å². The summed E-state index contributed by atoms with van der Waals surface area (Å²) in [4.78, 5) is 14.2. The number of likely N-dealkylation sites (N-methyl/N-ethyl adjacent to an activating group) is 1. The highest BCUT2D eigenvalue weighted by atomic mass is 16.6. The van der Waals surface area contributed by atoms with Crippen LogP contribution in [0.1, 0.15) is 28.8 Å². The van der Waals surface area contributed by atoms with Crippen LogP contribution in [0.5, 0.6) is 5.75 Å². The fraction of sp³-hybridized carbons (Fsp3) is 0.174. The van der Waals surface area contributed by atoms with E-state index >= 15 is 0 Å². The molecular formula is C23H22N2O3. The number of benzene rings is 3. The lowest BCUT2D eigenvalue weighted by atomic mass is 10.1. The van der Waals surface area contributed by atoms with Gasteiger partial charge < -0.3 is 20.5 Å². The molecule has 3 N–H and O–H groups in total. The van der Waals surface area contributed by atoms with Crippen LogP contribution in [0.4, 0.5) is 4.79 Å². The molecule has 0 saturated carbocycles. The van der Waals surface area contributed by atoms with Gasteiger partial charge in [-0.1, -0.05) is 60.7 Å². The Morgan fingerprint density at radius 1 is 1.00 bits per heavy atom. The van der Waals surface area contributed by atoms with Gasteiger partial charge in [-0.2, -0.15) is 0 Å². The summed E-state index contributed by atoms with van der Waals surface area (Å²) in [6.45, 7) is 0.305. The fourth-order valence-corrected chi connectivity index (χ4v) is 3.62. The van der Waals surface area contributed by atoms with E-state index in [1.807, 2.05) is 48.5 Å². The predicted octanol–water partition coefficient (Wildman–Crippen LogP) is 4.23. The molecular weight excluding hydrogens is 352 g/mol. The third-order valence-corrected chi connectivity index (χ3v) is 5.10. The number of rotatable bonds is 4. The number of hydrogen-bond acceptors (Lipinski definition) is 4. The Morgan fingerprint density at radius 2 is 1.54 bits per heavy atom. The first-order valence-corrected chi connectivity index (χ1v) is 9.19. The first kappa shape index (κ1) is 18.1. The van der Waals surface area contributed by atoms with Gasteiger partial charge in [0.2, 0.25) is 0 Å². The van der Waals surface area contributed by atoms with Crippen molar-refractivity contribution in [1.82, 2.24) is 4.90 Å². The van der Waals surface area contributed by atoms with Crippen molar-refractivity contribution in [1.29, 1.82) is 0 Å². The third-order valence-electron chi connectivity index (χ3n) is 5.10. The van der Waals surface area contributed by atoms with Crippen LogP contribution in [0.15, 0.2) is 72.8 Å². The number of ether oxygens (including phenoxy) is 1. The van der Waals surface area contributed by atoms with Crippen LogP contribution < -0.4 is 5.73 Å². The molecule has 1 aliphatic rings. The topological polar surface area (TPSA) is 75.8 Å². The summed E-state index contributed by atoms with van der Waals surface area (Å²) in [6.07, 6.45) is -0.849. The maximum absolute atomic E-state index is 12.7. The van der Waals surface area contributed by atoms with Gasteiger partial charge in [-0.15, -0.1) is 0 Å². The lowest BCUT2D eigenvalue weighted by molar-refractivity contribution is 0.0846. The number of carbonyl (C=O) groups is 1. The molecule has 0 radical (unpaired) electrons. The molecule has 0 aromatic heterocycles. The summed E-state index contributed by atoms with van der Waals surface area (Å²) in [5.74, 6) is 0.183. The summed E-state index contributed by atoms with van der Waals surface area (Å²) >= 11 is 0. The molecule has 3 aromatic carbocycles. The summed E-state index contributed by atoms with van der Waals surface area (Å²) in [5, 5.41) is 9.40. The molecule has 0 saturated heterocycles. The zero-order valence-electron chi connectivity index (χ0n) is 15.6. The van der Waals surface area contributed by atoms with Crippen LogP contribution in [-0.4, -0.2) is 29.7 Å². The van der Waals surface area contributed by atoms with Gasteiger partial charge in [0.1, 0.15) is 5.75 Å². The zero-order valence-corrected chi connectivity index (χ0v) is 15.6. The zero-order chi connectivity index (χ0) is 19.7. The normalized spacial score (nSPS) is 13.5. The van der Waals surface area contributed by atoms with Crippen LogP contribution in [0.2, 0.25) is 0 Å². The number of aromatic hydroxyl groups is 1. The third kappa shape index (κ3) is 3.32. The Kier molecular flexibility index (Phi) is 4.75. The van der Waals surface area contributed by atoms with E-state index in [2.05, 4.69) is 0 Å².